The van der Waals surface area contributed by atoms with Crippen LogP contribution in [0.2, 0.25) is 0 Å². The third kappa shape index (κ3) is 3.20. The number of anilines is 1. The molecular formula is C13H20N2O2. The van der Waals surface area contributed by atoms with Gasteiger partial charge in [0.2, 0.25) is 0 Å². The second-order valence-electron chi connectivity index (χ2n) is 5.14. The summed E-state index contributed by atoms with van der Waals surface area (Å²) in [5.41, 5.74) is 4.63. The minimum absolute atomic E-state index is 0.174. The molecule has 1 aromatic carbocycles. The molecular weight excluding hydrogens is 216 g/mol. The van der Waals surface area contributed by atoms with Crippen LogP contribution in [-0.2, 0) is 16.6 Å². The van der Waals surface area contributed by atoms with Crippen LogP contribution in [0.15, 0.2) is 12.1 Å². The number of nitrogens with one attached hydrogen (secondary N) is 1. The lowest BCUT2D eigenvalue weighted by atomic mass is 9.84. The highest BCUT2D eigenvalue weighted by Crippen LogP contribution is 2.37. The monoisotopic (exact) mass is 236 g/mol. The number of rotatable bonds is 4. The number of aromatic hydroxyl groups is 1. The summed E-state index contributed by atoms with van der Waals surface area (Å²) in [4.78, 5) is 10.4. The van der Waals surface area contributed by atoms with E-state index in [2.05, 4.69) is 5.43 Å². The normalized spacial score (nSPS) is 11.3. The molecule has 0 radical (unpaired) electrons. The number of nitrogen functional groups attached to an aromatic ring is 1. The van der Waals surface area contributed by atoms with Crippen molar-refractivity contribution in [1.82, 2.24) is 0 Å². The first kappa shape index (κ1) is 13.5. The first-order chi connectivity index (χ1) is 7.90. The van der Waals surface area contributed by atoms with Crippen molar-refractivity contribution in [2.24, 2.45) is 5.84 Å². The molecule has 0 amide bonds. The Morgan fingerprint density at radius 1 is 1.41 bits per heavy atom. The summed E-state index contributed by atoms with van der Waals surface area (Å²) in [6.07, 6.45) is 2.01. The number of aldehydes is 1. The number of phenols is 1. The van der Waals surface area contributed by atoms with Crippen LogP contribution < -0.4 is 11.3 Å². The highest BCUT2D eigenvalue weighted by molar-refractivity contribution is 5.62. The molecule has 0 saturated heterocycles. The van der Waals surface area contributed by atoms with Crippen LogP contribution >= 0.6 is 0 Å². The summed E-state index contributed by atoms with van der Waals surface area (Å²) in [7, 11) is 0. The summed E-state index contributed by atoms with van der Waals surface area (Å²) < 4.78 is 0. The zero-order valence-electron chi connectivity index (χ0n) is 10.6. The van der Waals surface area contributed by atoms with Crippen LogP contribution in [-0.4, -0.2) is 11.4 Å². The molecule has 0 saturated carbocycles. The molecule has 4 heteroatoms. The second-order valence-corrected chi connectivity index (χ2v) is 5.14. The molecule has 1 rings (SSSR count). The van der Waals surface area contributed by atoms with Crippen molar-refractivity contribution < 1.29 is 9.90 Å². The molecule has 0 atom stereocenters. The van der Waals surface area contributed by atoms with Gasteiger partial charge in [-0.15, -0.1) is 0 Å². The molecule has 0 aliphatic carbocycles. The fourth-order valence-electron chi connectivity index (χ4n) is 1.75. The molecule has 0 spiro atoms. The van der Waals surface area contributed by atoms with Gasteiger partial charge in [-0.2, -0.15) is 0 Å². The van der Waals surface area contributed by atoms with E-state index in [-0.39, 0.29) is 11.2 Å². The molecule has 0 bridgehead atoms. The highest BCUT2D eigenvalue weighted by atomic mass is 16.3. The largest absolute Gasteiger partial charge is 0.505 e. The fraction of sp³-hybridized carbons (Fsp3) is 0.462. The van der Waals surface area contributed by atoms with Gasteiger partial charge in [0, 0.05) is 12.0 Å². The Bertz CT molecular complexity index is 409. The van der Waals surface area contributed by atoms with Crippen LogP contribution in [0, 0.1) is 0 Å². The van der Waals surface area contributed by atoms with Gasteiger partial charge >= 0.3 is 0 Å². The number of nitrogens with two attached hydrogens (primary N) is 1. The molecule has 4 nitrogen and oxygen atoms in total. The molecule has 0 heterocycles. The van der Waals surface area contributed by atoms with Gasteiger partial charge in [-0.05, 0) is 23.5 Å². The van der Waals surface area contributed by atoms with Gasteiger partial charge in [0.15, 0.2) is 0 Å². The third-order valence-corrected chi connectivity index (χ3v) is 2.68. The van der Waals surface area contributed by atoms with Gasteiger partial charge in [-0.3, -0.25) is 5.84 Å². The molecule has 94 valence electrons. The summed E-state index contributed by atoms with van der Waals surface area (Å²) >= 11 is 0. The van der Waals surface area contributed by atoms with Gasteiger partial charge in [0.05, 0.1) is 5.69 Å². The maximum atomic E-state index is 10.4. The van der Waals surface area contributed by atoms with Crippen molar-refractivity contribution in [3.63, 3.8) is 0 Å². The van der Waals surface area contributed by atoms with Crippen LogP contribution in [0.5, 0.6) is 5.75 Å². The number of benzene rings is 1. The maximum Gasteiger partial charge on any atom is 0.143 e. The van der Waals surface area contributed by atoms with Crippen LogP contribution in [0.25, 0.3) is 0 Å². The molecule has 0 aliphatic rings. The van der Waals surface area contributed by atoms with Crippen molar-refractivity contribution in [3.8, 4) is 5.75 Å². The quantitative estimate of drug-likeness (QED) is 0.324. The number of aryl methyl sites for hydroxylation is 1. The van der Waals surface area contributed by atoms with Gasteiger partial charge in [0.25, 0.3) is 0 Å². The van der Waals surface area contributed by atoms with Crippen molar-refractivity contribution >= 4 is 12.0 Å². The number of carbonyl (C=O) groups excluding carboxylic acids is 1. The lowest BCUT2D eigenvalue weighted by Crippen LogP contribution is -2.15. The molecule has 4 N–H and O–H groups in total. The lowest BCUT2D eigenvalue weighted by molar-refractivity contribution is -0.107. The Hall–Kier alpha value is -1.55. The summed E-state index contributed by atoms with van der Waals surface area (Å²) in [6, 6.07) is 3.70. The van der Waals surface area contributed by atoms with E-state index in [9.17, 15) is 9.90 Å². The Morgan fingerprint density at radius 2 is 2.06 bits per heavy atom. The minimum atomic E-state index is -0.174. The molecule has 0 aliphatic heterocycles. The zero-order chi connectivity index (χ0) is 13.1. The minimum Gasteiger partial charge on any atom is -0.505 e. The predicted octanol–water partition coefficient (Wildman–Crippen LogP) is 2.11. The number of hydrogen-bond acceptors (Lipinski definition) is 4. The summed E-state index contributed by atoms with van der Waals surface area (Å²) in [6.45, 7) is 6.06. The summed E-state index contributed by atoms with van der Waals surface area (Å²) in [5.74, 6) is 5.56. The fourth-order valence-corrected chi connectivity index (χ4v) is 1.75. The van der Waals surface area contributed by atoms with Crippen LogP contribution in [0.4, 0.5) is 5.69 Å². The van der Waals surface area contributed by atoms with E-state index in [0.717, 1.165) is 17.4 Å². The van der Waals surface area contributed by atoms with Crippen molar-refractivity contribution in [2.45, 2.75) is 39.0 Å². The SMILES string of the molecule is CC(C)(C)c1cc(CCC=O)cc(NN)c1O. The Morgan fingerprint density at radius 3 is 2.53 bits per heavy atom. The Kier molecular flexibility index (Phi) is 4.12. The zero-order valence-corrected chi connectivity index (χ0v) is 10.6. The smallest absolute Gasteiger partial charge is 0.143 e. The second kappa shape index (κ2) is 5.19. The first-order valence-corrected chi connectivity index (χ1v) is 5.66. The maximum absolute atomic E-state index is 10.4. The average molecular weight is 236 g/mol. The predicted molar refractivity (Wildman–Crippen MR) is 69.0 cm³/mol. The van der Waals surface area contributed by atoms with Crippen molar-refractivity contribution in [1.29, 1.82) is 0 Å². The van der Waals surface area contributed by atoms with E-state index in [1.807, 2.05) is 26.8 Å². The van der Waals surface area contributed by atoms with E-state index >= 15 is 0 Å². The van der Waals surface area contributed by atoms with Gasteiger partial charge in [0.1, 0.15) is 12.0 Å². The number of hydrogen-bond donors (Lipinski definition) is 3. The molecule has 0 fully saturated rings. The molecule has 0 unspecified atom stereocenters. The van der Waals surface area contributed by atoms with Crippen LogP contribution in [0.1, 0.15) is 38.3 Å². The molecule has 1 aromatic rings. The standard InChI is InChI=1S/C13H20N2O2/c1-13(2,3)10-7-9(5-4-6-16)8-11(15-14)12(10)17/h6-8,15,17H,4-5,14H2,1-3H3. The lowest BCUT2D eigenvalue weighted by Gasteiger charge is -2.23. The van der Waals surface area contributed by atoms with Crippen LogP contribution in [0.3, 0.4) is 0 Å². The van der Waals surface area contributed by atoms with Gasteiger partial charge in [-0.1, -0.05) is 26.8 Å². The van der Waals surface area contributed by atoms with E-state index in [1.165, 1.54) is 0 Å². The third-order valence-electron chi connectivity index (χ3n) is 2.68. The number of hydrazine groups is 1. The van der Waals surface area contributed by atoms with Crippen molar-refractivity contribution in [3.05, 3.63) is 23.3 Å². The van der Waals surface area contributed by atoms with E-state index in [0.29, 0.717) is 18.5 Å². The molecule has 0 aromatic heterocycles. The molecule has 17 heavy (non-hydrogen) atoms. The number of carbonyl (C=O) groups is 1. The summed E-state index contributed by atoms with van der Waals surface area (Å²) in [5, 5.41) is 10.1. The van der Waals surface area contributed by atoms with E-state index in [4.69, 9.17) is 5.84 Å². The van der Waals surface area contributed by atoms with Gasteiger partial charge < -0.3 is 15.3 Å². The topological polar surface area (TPSA) is 75.4 Å². The first-order valence-electron chi connectivity index (χ1n) is 5.66. The van der Waals surface area contributed by atoms with E-state index in [1.54, 1.807) is 6.07 Å². The highest BCUT2D eigenvalue weighted by Gasteiger charge is 2.21. The number of phenolic OH excluding ortho intramolecular Hbond substituents is 1. The average Bonchev–Trinajstić information content (AvgIpc) is 2.26. The Balaban J connectivity index is 3.23. The van der Waals surface area contributed by atoms with Gasteiger partial charge in [-0.25, -0.2) is 0 Å². The van der Waals surface area contributed by atoms with E-state index < -0.39 is 0 Å². The van der Waals surface area contributed by atoms with Crippen molar-refractivity contribution in [2.75, 3.05) is 5.43 Å². The Labute approximate surface area is 102 Å².